The van der Waals surface area contributed by atoms with Gasteiger partial charge in [0.15, 0.2) is 5.78 Å². The molecule has 1 heteroatoms. The Kier molecular flexibility index (Phi) is 3.04. The Morgan fingerprint density at radius 2 is 1.88 bits per heavy atom. The smallest absolute Gasteiger partial charge is 0.182 e. The minimum Gasteiger partial charge on any atom is -0.290 e. The predicted octanol–water partition coefficient (Wildman–Crippen LogP) is 3.48. The second-order valence-electron chi connectivity index (χ2n) is 4.50. The van der Waals surface area contributed by atoms with Crippen LogP contribution in [0.4, 0.5) is 0 Å². The lowest BCUT2D eigenvalue weighted by molar-refractivity contribution is -0.111. The van der Waals surface area contributed by atoms with Crippen molar-refractivity contribution in [1.29, 1.82) is 0 Å². The zero-order valence-corrected chi connectivity index (χ0v) is 9.68. The van der Waals surface area contributed by atoms with E-state index in [2.05, 4.69) is 13.8 Å². The molecule has 2 rings (SSSR count). The van der Waals surface area contributed by atoms with Crippen LogP contribution in [0.3, 0.4) is 0 Å². The Hall–Kier alpha value is -1.63. The molecular weight excluding hydrogens is 196 g/mol. The maximum absolute atomic E-state index is 11.7. The van der Waals surface area contributed by atoms with Gasteiger partial charge < -0.3 is 0 Å². The lowest BCUT2D eigenvalue weighted by atomic mass is 9.89. The van der Waals surface area contributed by atoms with E-state index in [1.807, 2.05) is 42.5 Å². The van der Waals surface area contributed by atoms with Gasteiger partial charge in [0, 0.05) is 11.5 Å². The minimum absolute atomic E-state index is 0.155. The van der Waals surface area contributed by atoms with E-state index in [0.29, 0.717) is 5.92 Å². The van der Waals surface area contributed by atoms with Crippen LogP contribution in [0.1, 0.15) is 19.4 Å². The zero-order chi connectivity index (χ0) is 11.5. The van der Waals surface area contributed by atoms with Gasteiger partial charge in [0.1, 0.15) is 0 Å². The van der Waals surface area contributed by atoms with Crippen LogP contribution in [0.15, 0.2) is 48.1 Å². The van der Waals surface area contributed by atoms with Gasteiger partial charge in [-0.3, -0.25) is 4.79 Å². The number of ketones is 1. The molecule has 1 atom stereocenters. The molecule has 16 heavy (non-hydrogen) atoms. The van der Waals surface area contributed by atoms with Crippen molar-refractivity contribution in [1.82, 2.24) is 0 Å². The van der Waals surface area contributed by atoms with Crippen molar-refractivity contribution in [3.05, 3.63) is 53.6 Å². The standard InChI is InChI=1S/C15H16O/c1-11(2)13-8-9-15(16)14(13)10-12-6-4-3-5-7-12/h3-11,13H,1-2H3/b14-10+/t13-/m1/s1. The molecule has 0 spiro atoms. The van der Waals surface area contributed by atoms with E-state index in [0.717, 1.165) is 11.1 Å². The molecule has 0 amide bonds. The summed E-state index contributed by atoms with van der Waals surface area (Å²) in [7, 11) is 0. The van der Waals surface area contributed by atoms with Crippen molar-refractivity contribution in [2.24, 2.45) is 11.8 Å². The molecule has 1 nitrogen and oxygen atoms in total. The van der Waals surface area contributed by atoms with E-state index >= 15 is 0 Å². The van der Waals surface area contributed by atoms with Crippen LogP contribution in [-0.2, 0) is 4.79 Å². The van der Waals surface area contributed by atoms with E-state index in [1.54, 1.807) is 6.08 Å². The number of hydrogen-bond donors (Lipinski definition) is 0. The molecule has 0 heterocycles. The molecule has 0 unspecified atom stereocenters. The highest BCUT2D eigenvalue weighted by Gasteiger charge is 2.25. The minimum atomic E-state index is 0.155. The summed E-state index contributed by atoms with van der Waals surface area (Å²) in [6.07, 6.45) is 5.72. The van der Waals surface area contributed by atoms with Crippen molar-refractivity contribution in [3.63, 3.8) is 0 Å². The molecule has 0 aliphatic heterocycles. The van der Waals surface area contributed by atoms with Crippen LogP contribution in [0.5, 0.6) is 0 Å². The summed E-state index contributed by atoms with van der Waals surface area (Å²) in [6.45, 7) is 4.29. The van der Waals surface area contributed by atoms with Gasteiger partial charge in [0.25, 0.3) is 0 Å². The van der Waals surface area contributed by atoms with E-state index in [-0.39, 0.29) is 11.7 Å². The monoisotopic (exact) mass is 212 g/mol. The van der Waals surface area contributed by atoms with Gasteiger partial charge in [-0.25, -0.2) is 0 Å². The molecule has 0 aromatic heterocycles. The normalized spacial score (nSPS) is 22.3. The Morgan fingerprint density at radius 3 is 2.50 bits per heavy atom. The largest absolute Gasteiger partial charge is 0.290 e. The SMILES string of the molecule is CC(C)[C@H]1C=CC(=O)/C1=C/c1ccccc1. The Balaban J connectivity index is 2.32. The molecule has 1 aliphatic carbocycles. The lowest BCUT2D eigenvalue weighted by Crippen LogP contribution is -2.09. The summed E-state index contributed by atoms with van der Waals surface area (Å²) in [6, 6.07) is 10.0. The average Bonchev–Trinajstić information content (AvgIpc) is 2.62. The third-order valence-corrected chi connectivity index (χ3v) is 2.94. The van der Waals surface area contributed by atoms with Crippen molar-refractivity contribution in [2.45, 2.75) is 13.8 Å². The van der Waals surface area contributed by atoms with Gasteiger partial charge in [-0.1, -0.05) is 50.3 Å². The van der Waals surface area contributed by atoms with Crippen LogP contribution in [0.25, 0.3) is 6.08 Å². The Bertz CT molecular complexity index is 438. The summed E-state index contributed by atoms with van der Waals surface area (Å²) in [5.74, 6) is 0.896. The summed E-state index contributed by atoms with van der Waals surface area (Å²) in [4.78, 5) is 11.7. The zero-order valence-electron chi connectivity index (χ0n) is 9.68. The molecule has 0 N–H and O–H groups in total. The molecular formula is C15H16O. The van der Waals surface area contributed by atoms with Crippen LogP contribution in [0, 0.1) is 11.8 Å². The van der Waals surface area contributed by atoms with E-state index in [4.69, 9.17) is 0 Å². The van der Waals surface area contributed by atoms with E-state index in [1.165, 1.54) is 0 Å². The fraction of sp³-hybridized carbons (Fsp3) is 0.267. The molecule has 0 saturated heterocycles. The highest BCUT2D eigenvalue weighted by Crippen LogP contribution is 2.29. The second kappa shape index (κ2) is 4.48. The highest BCUT2D eigenvalue weighted by molar-refractivity contribution is 6.10. The third-order valence-electron chi connectivity index (χ3n) is 2.94. The van der Waals surface area contributed by atoms with Crippen LogP contribution in [-0.4, -0.2) is 5.78 Å². The number of allylic oxidation sites excluding steroid dienone is 3. The lowest BCUT2D eigenvalue weighted by Gasteiger charge is -2.14. The van der Waals surface area contributed by atoms with Gasteiger partial charge in [-0.2, -0.15) is 0 Å². The number of rotatable bonds is 2. The maximum atomic E-state index is 11.7. The van der Waals surface area contributed by atoms with Crippen molar-refractivity contribution in [2.75, 3.05) is 0 Å². The summed E-state index contributed by atoms with van der Waals surface area (Å²) in [5.41, 5.74) is 2.02. The van der Waals surface area contributed by atoms with Gasteiger partial charge >= 0.3 is 0 Å². The Labute approximate surface area is 96.5 Å². The first kappa shape index (κ1) is 10.9. The molecule has 0 fully saturated rings. The molecule has 0 saturated carbocycles. The molecule has 1 aromatic rings. The predicted molar refractivity (Wildman–Crippen MR) is 66.9 cm³/mol. The number of hydrogen-bond acceptors (Lipinski definition) is 1. The fourth-order valence-electron chi connectivity index (χ4n) is 2.03. The van der Waals surface area contributed by atoms with Crippen LogP contribution in [0.2, 0.25) is 0 Å². The fourth-order valence-corrected chi connectivity index (χ4v) is 2.03. The highest BCUT2D eigenvalue weighted by atomic mass is 16.1. The van der Waals surface area contributed by atoms with Crippen LogP contribution >= 0.6 is 0 Å². The van der Waals surface area contributed by atoms with Crippen molar-refractivity contribution in [3.8, 4) is 0 Å². The van der Waals surface area contributed by atoms with Crippen LogP contribution < -0.4 is 0 Å². The second-order valence-corrected chi connectivity index (χ2v) is 4.50. The molecule has 0 bridgehead atoms. The molecule has 82 valence electrons. The summed E-state index contributed by atoms with van der Waals surface area (Å²) >= 11 is 0. The summed E-state index contributed by atoms with van der Waals surface area (Å²) < 4.78 is 0. The first-order chi connectivity index (χ1) is 7.68. The first-order valence-corrected chi connectivity index (χ1v) is 5.67. The Morgan fingerprint density at radius 1 is 1.19 bits per heavy atom. The van der Waals surface area contributed by atoms with E-state index < -0.39 is 0 Å². The molecule has 0 radical (unpaired) electrons. The van der Waals surface area contributed by atoms with E-state index in [9.17, 15) is 4.79 Å². The number of carbonyl (C=O) groups excluding carboxylic acids is 1. The summed E-state index contributed by atoms with van der Waals surface area (Å²) in [5, 5.41) is 0. The van der Waals surface area contributed by atoms with Crippen molar-refractivity contribution < 1.29 is 4.79 Å². The van der Waals surface area contributed by atoms with Crippen molar-refractivity contribution >= 4 is 11.9 Å². The number of carbonyl (C=O) groups is 1. The first-order valence-electron chi connectivity index (χ1n) is 5.67. The third kappa shape index (κ3) is 2.13. The molecule has 1 aliphatic rings. The number of benzene rings is 1. The van der Waals surface area contributed by atoms with Gasteiger partial charge in [0.05, 0.1) is 0 Å². The van der Waals surface area contributed by atoms with Gasteiger partial charge in [0.2, 0.25) is 0 Å². The van der Waals surface area contributed by atoms with Gasteiger partial charge in [-0.05, 0) is 23.6 Å². The van der Waals surface area contributed by atoms with Gasteiger partial charge in [-0.15, -0.1) is 0 Å². The quantitative estimate of drug-likeness (QED) is 0.686. The average molecular weight is 212 g/mol. The molecule has 1 aromatic carbocycles. The topological polar surface area (TPSA) is 17.1 Å². The maximum Gasteiger partial charge on any atom is 0.182 e.